The number of nitrogens with zero attached hydrogens (tertiary/aromatic N) is 2. The largest absolute Gasteiger partial charge is 0.274 e. The number of halogens is 1. The Bertz CT molecular complexity index is 729. The summed E-state index contributed by atoms with van der Waals surface area (Å²) in [6.45, 7) is 3.73. The van der Waals surface area contributed by atoms with Gasteiger partial charge in [-0.25, -0.2) is 4.90 Å². The van der Waals surface area contributed by atoms with Crippen LogP contribution in [0.1, 0.15) is 28.8 Å². The van der Waals surface area contributed by atoms with Gasteiger partial charge >= 0.3 is 0 Å². The number of aryl methyl sites for hydroxylation is 1. The molecule has 0 N–H and O–H groups in total. The lowest BCUT2D eigenvalue weighted by Gasteiger charge is -2.17. The maximum Gasteiger partial charge on any atom is 0.238 e. The molecule has 2 atom stereocenters. The van der Waals surface area contributed by atoms with Gasteiger partial charge in [0.05, 0.1) is 17.4 Å². The first-order valence-electron chi connectivity index (χ1n) is 6.68. The number of carbonyl (C=O) groups is 2. The van der Waals surface area contributed by atoms with Crippen LogP contribution < -0.4 is 4.90 Å². The second-order valence-electron chi connectivity index (χ2n) is 5.39. The van der Waals surface area contributed by atoms with Crippen LogP contribution in [0, 0.1) is 37.0 Å². The van der Waals surface area contributed by atoms with Crippen molar-refractivity contribution in [2.24, 2.45) is 11.8 Å². The highest BCUT2D eigenvalue weighted by atomic mass is 35.5. The van der Waals surface area contributed by atoms with Gasteiger partial charge in [0.25, 0.3) is 0 Å². The Morgan fingerprint density at radius 3 is 2.67 bits per heavy atom. The predicted molar refractivity (Wildman–Crippen MR) is 81.2 cm³/mol. The highest BCUT2D eigenvalue weighted by Gasteiger charge is 2.50. The molecule has 2 amide bonds. The molecule has 1 aromatic heterocycles. The summed E-state index contributed by atoms with van der Waals surface area (Å²) >= 11 is 7.34. The second kappa shape index (κ2) is 4.97. The third-order valence-corrected chi connectivity index (χ3v) is 5.75. The van der Waals surface area contributed by atoms with Crippen molar-refractivity contribution in [1.82, 2.24) is 0 Å². The van der Waals surface area contributed by atoms with Crippen molar-refractivity contribution in [1.29, 1.82) is 5.26 Å². The molecule has 2 aliphatic rings. The summed E-state index contributed by atoms with van der Waals surface area (Å²) in [4.78, 5) is 27.3. The van der Waals surface area contributed by atoms with E-state index in [9.17, 15) is 14.9 Å². The molecule has 21 heavy (non-hydrogen) atoms. The minimum Gasteiger partial charge on any atom is -0.274 e. The number of rotatable bonds is 1. The fourth-order valence-corrected chi connectivity index (χ4v) is 4.30. The van der Waals surface area contributed by atoms with Crippen LogP contribution in [0.15, 0.2) is 11.1 Å². The van der Waals surface area contributed by atoms with Crippen molar-refractivity contribution in [3.8, 4) is 6.07 Å². The molecule has 0 aromatic carbocycles. The maximum absolute atomic E-state index is 12.6. The highest BCUT2D eigenvalue weighted by Crippen LogP contribution is 2.44. The third kappa shape index (κ3) is 2.02. The van der Waals surface area contributed by atoms with Crippen molar-refractivity contribution in [3.63, 3.8) is 0 Å². The van der Waals surface area contributed by atoms with Gasteiger partial charge in [-0.15, -0.1) is 11.3 Å². The molecule has 2 heterocycles. The van der Waals surface area contributed by atoms with E-state index >= 15 is 0 Å². The molecule has 108 valence electrons. The number of nitriles is 1. The van der Waals surface area contributed by atoms with E-state index < -0.39 is 0 Å². The number of carbonyl (C=O) groups excluding carboxylic acids is 2. The van der Waals surface area contributed by atoms with Gasteiger partial charge in [-0.1, -0.05) is 17.7 Å². The molecule has 1 saturated heterocycles. The van der Waals surface area contributed by atoms with Gasteiger partial charge < -0.3 is 0 Å². The Kier molecular flexibility index (Phi) is 3.39. The quantitative estimate of drug-likeness (QED) is 0.746. The van der Waals surface area contributed by atoms with Crippen molar-refractivity contribution in [2.45, 2.75) is 26.7 Å². The lowest BCUT2D eigenvalue weighted by molar-refractivity contribution is -0.122. The molecule has 6 heteroatoms. The molecule has 1 aromatic rings. The average molecular weight is 321 g/mol. The molecule has 4 nitrogen and oxygen atoms in total. The van der Waals surface area contributed by atoms with E-state index in [2.05, 4.69) is 6.07 Å². The molecule has 0 saturated carbocycles. The first-order chi connectivity index (χ1) is 9.95. The average Bonchev–Trinajstić information content (AvgIpc) is 2.86. The molecular weight excluding hydrogens is 308 g/mol. The summed E-state index contributed by atoms with van der Waals surface area (Å²) in [5.74, 6) is -1.16. The van der Waals surface area contributed by atoms with Crippen LogP contribution in [0.25, 0.3) is 0 Å². The smallest absolute Gasteiger partial charge is 0.238 e. The van der Waals surface area contributed by atoms with Gasteiger partial charge in [-0.2, -0.15) is 5.26 Å². The number of hydrogen-bond acceptors (Lipinski definition) is 4. The Balaban J connectivity index is 2.06. The van der Waals surface area contributed by atoms with Crippen molar-refractivity contribution in [2.75, 3.05) is 4.90 Å². The van der Waals surface area contributed by atoms with E-state index in [1.165, 1.54) is 16.2 Å². The van der Waals surface area contributed by atoms with Crippen molar-refractivity contribution in [3.05, 3.63) is 27.1 Å². The number of thiophene rings is 1. The minimum absolute atomic E-state index is 0.205. The van der Waals surface area contributed by atoms with Gasteiger partial charge in [0.1, 0.15) is 11.1 Å². The van der Waals surface area contributed by atoms with Crippen LogP contribution in [-0.2, 0) is 9.59 Å². The summed E-state index contributed by atoms with van der Waals surface area (Å²) in [5, 5.41) is 10.4. The number of amides is 2. The standard InChI is InChI=1S/C15H13ClN2O2S/c1-7-8(2)21-15(12(7)6-17)18-13(19)10-4-3-9(16)5-11(10)14(18)20/h3,10-11H,4-5H2,1-2H3/t10-,11+/m0/s1. The number of imide groups is 1. The van der Waals surface area contributed by atoms with Crippen molar-refractivity contribution >= 4 is 39.8 Å². The molecule has 0 bridgehead atoms. The molecule has 0 spiro atoms. The summed E-state index contributed by atoms with van der Waals surface area (Å²) < 4.78 is 0. The van der Waals surface area contributed by atoms with E-state index in [4.69, 9.17) is 11.6 Å². The second-order valence-corrected chi connectivity index (χ2v) is 7.08. The first kappa shape index (κ1) is 14.3. The van der Waals surface area contributed by atoms with Crippen LogP contribution in [0.3, 0.4) is 0 Å². The van der Waals surface area contributed by atoms with E-state index in [0.29, 0.717) is 28.4 Å². The zero-order valence-corrected chi connectivity index (χ0v) is 13.2. The molecular formula is C15H13ClN2O2S. The lowest BCUT2D eigenvalue weighted by Crippen LogP contribution is -2.30. The fourth-order valence-electron chi connectivity index (χ4n) is 2.93. The normalized spacial score (nSPS) is 24.9. The lowest BCUT2D eigenvalue weighted by atomic mass is 9.85. The summed E-state index contributed by atoms with van der Waals surface area (Å²) in [6, 6.07) is 2.12. The molecule has 0 radical (unpaired) electrons. The first-order valence-corrected chi connectivity index (χ1v) is 7.87. The maximum atomic E-state index is 12.6. The Hall–Kier alpha value is -1.64. The van der Waals surface area contributed by atoms with Gasteiger partial charge in [0.2, 0.25) is 11.8 Å². The van der Waals surface area contributed by atoms with Gasteiger partial charge in [0.15, 0.2) is 0 Å². The number of allylic oxidation sites excluding steroid dienone is 2. The topological polar surface area (TPSA) is 61.2 Å². The zero-order valence-electron chi connectivity index (χ0n) is 11.6. The SMILES string of the molecule is Cc1sc(N2C(=O)[C@H]3CC=C(Cl)C[C@H]3C2=O)c(C#N)c1C. The Labute approximate surface area is 131 Å². The Morgan fingerprint density at radius 2 is 2.00 bits per heavy atom. The van der Waals surface area contributed by atoms with Gasteiger partial charge in [0, 0.05) is 9.91 Å². The van der Waals surface area contributed by atoms with E-state index in [-0.39, 0.29) is 23.7 Å². The third-order valence-electron chi connectivity index (χ3n) is 4.25. The summed E-state index contributed by atoms with van der Waals surface area (Å²) in [5.41, 5.74) is 1.26. The van der Waals surface area contributed by atoms with Gasteiger partial charge in [-0.3, -0.25) is 9.59 Å². The van der Waals surface area contributed by atoms with Gasteiger partial charge in [-0.05, 0) is 32.3 Å². The monoisotopic (exact) mass is 320 g/mol. The molecule has 3 rings (SSSR count). The predicted octanol–water partition coefficient (Wildman–Crippen LogP) is 3.26. The highest BCUT2D eigenvalue weighted by molar-refractivity contribution is 7.17. The van der Waals surface area contributed by atoms with Crippen LogP contribution in [0.4, 0.5) is 5.00 Å². The van der Waals surface area contributed by atoms with E-state index in [1.54, 1.807) is 0 Å². The van der Waals surface area contributed by atoms with Crippen molar-refractivity contribution < 1.29 is 9.59 Å². The van der Waals surface area contributed by atoms with E-state index in [0.717, 1.165) is 10.4 Å². The molecule has 1 aliphatic heterocycles. The molecule has 0 unspecified atom stereocenters. The zero-order chi connectivity index (χ0) is 15.3. The van der Waals surface area contributed by atoms with Crippen LogP contribution in [0.5, 0.6) is 0 Å². The number of hydrogen-bond donors (Lipinski definition) is 0. The van der Waals surface area contributed by atoms with E-state index in [1.807, 2.05) is 19.9 Å². The summed E-state index contributed by atoms with van der Waals surface area (Å²) in [6.07, 6.45) is 2.72. The fraction of sp³-hybridized carbons (Fsp3) is 0.400. The number of anilines is 1. The summed E-state index contributed by atoms with van der Waals surface area (Å²) in [7, 11) is 0. The molecule has 1 fully saturated rings. The van der Waals surface area contributed by atoms with Crippen LogP contribution in [0.2, 0.25) is 0 Å². The van der Waals surface area contributed by atoms with Crippen LogP contribution >= 0.6 is 22.9 Å². The number of fused-ring (bicyclic) bond motifs is 1. The molecule has 1 aliphatic carbocycles. The minimum atomic E-state index is -0.385. The van der Waals surface area contributed by atoms with Crippen LogP contribution in [-0.4, -0.2) is 11.8 Å². The Morgan fingerprint density at radius 1 is 1.33 bits per heavy atom.